The minimum Gasteiger partial charge on any atom is -0.497 e. The largest absolute Gasteiger partial charge is 0.573 e. The molecule has 1 atom stereocenters. The molecule has 12 heteroatoms. The fraction of sp³-hybridized carbons (Fsp3) is 0.241. The number of benzene rings is 3. The maximum atomic E-state index is 14.0. The van der Waals surface area contributed by atoms with E-state index in [0.29, 0.717) is 45.9 Å². The number of anilines is 2. The molecule has 1 fully saturated rings. The number of carboxylic acid groups (broad SMARTS) is 1. The maximum Gasteiger partial charge on any atom is 0.573 e. The van der Waals surface area contributed by atoms with Crippen LogP contribution in [-0.2, 0) is 4.79 Å². The predicted molar refractivity (Wildman–Crippen MR) is 148 cm³/mol. The topological polar surface area (TPSA) is 102 Å². The summed E-state index contributed by atoms with van der Waals surface area (Å²) in [4.78, 5) is 25.2. The third-order valence-corrected chi connectivity index (χ3v) is 7.15. The van der Waals surface area contributed by atoms with Crippen LogP contribution in [0.25, 0.3) is 10.9 Å². The number of aromatic nitrogens is 1. The highest BCUT2D eigenvalue weighted by atomic mass is 35.5. The van der Waals surface area contributed by atoms with E-state index in [9.17, 15) is 27.9 Å². The zero-order valence-corrected chi connectivity index (χ0v) is 22.4. The van der Waals surface area contributed by atoms with Crippen molar-refractivity contribution < 1.29 is 37.3 Å². The van der Waals surface area contributed by atoms with Gasteiger partial charge in [0, 0.05) is 52.2 Å². The molecule has 41 heavy (non-hydrogen) atoms. The van der Waals surface area contributed by atoms with Gasteiger partial charge < -0.3 is 25.2 Å². The summed E-state index contributed by atoms with van der Waals surface area (Å²) in [5.74, 6) is -1.63. The Kier molecular flexibility index (Phi) is 7.72. The highest BCUT2D eigenvalue weighted by Gasteiger charge is 2.34. The summed E-state index contributed by atoms with van der Waals surface area (Å²) < 4.78 is 49.3. The number of carboxylic acids is 1. The molecule has 3 N–H and O–H groups in total. The number of carbonyl (C=O) groups excluding carboxylic acids is 1. The summed E-state index contributed by atoms with van der Waals surface area (Å²) >= 11 is 6.08. The summed E-state index contributed by atoms with van der Waals surface area (Å²) in [7, 11) is 1.50. The molecule has 8 nitrogen and oxygen atoms in total. The van der Waals surface area contributed by atoms with Gasteiger partial charge in [-0.1, -0.05) is 23.7 Å². The number of carbonyl (C=O) groups is 2. The van der Waals surface area contributed by atoms with E-state index in [-0.39, 0.29) is 17.5 Å². The van der Waals surface area contributed by atoms with Crippen molar-refractivity contribution in [3.8, 4) is 11.5 Å². The summed E-state index contributed by atoms with van der Waals surface area (Å²) in [6, 6.07) is 16.3. The number of rotatable bonds is 9. The van der Waals surface area contributed by atoms with Crippen molar-refractivity contribution in [1.29, 1.82) is 0 Å². The third-order valence-electron chi connectivity index (χ3n) is 6.90. The molecule has 0 amide bonds. The second kappa shape index (κ2) is 11.2. The molecule has 1 aliphatic carbocycles. The quantitative estimate of drug-likeness (QED) is 0.194. The van der Waals surface area contributed by atoms with Gasteiger partial charge in [0.05, 0.1) is 18.5 Å². The van der Waals surface area contributed by atoms with Crippen molar-refractivity contribution in [2.75, 3.05) is 17.7 Å². The second-order valence-corrected chi connectivity index (χ2v) is 10.2. The van der Waals surface area contributed by atoms with Gasteiger partial charge in [-0.2, -0.15) is 0 Å². The molecule has 1 heterocycles. The van der Waals surface area contributed by atoms with E-state index in [4.69, 9.17) is 16.3 Å². The molecule has 1 aliphatic rings. The standard InChI is InChI=1S/C29H25ClF3N3O5/c1-40-24-13-21(34-20-10-18(11-20)28(38)39)12-22(14-24)35-26(17-2-5-19(30)6-3-17)27(37)36-9-8-16-4-7-23(15-25(16)36)41-29(31,32)33/h2-9,12-15,18,20,26,34-35H,10-11H2,1H3,(H,38,39). The normalized spacial score (nSPS) is 17.4. The number of fused-ring (bicyclic) bond motifs is 1. The minimum atomic E-state index is -4.88. The molecule has 1 unspecified atom stereocenters. The van der Waals surface area contributed by atoms with Crippen LogP contribution in [0.4, 0.5) is 24.5 Å². The van der Waals surface area contributed by atoms with E-state index in [1.807, 2.05) is 0 Å². The van der Waals surface area contributed by atoms with Gasteiger partial charge in [0.1, 0.15) is 17.5 Å². The second-order valence-electron chi connectivity index (χ2n) is 9.72. The zero-order chi connectivity index (χ0) is 29.3. The SMILES string of the molecule is COc1cc(NC2CC(C(=O)O)C2)cc(NC(C(=O)n2ccc3ccc(OC(F)(F)F)cc32)c2ccc(Cl)cc2)c1. The summed E-state index contributed by atoms with van der Waals surface area (Å²) in [5.41, 5.74) is 1.99. The molecule has 5 rings (SSSR count). The number of hydrogen-bond donors (Lipinski definition) is 3. The Bertz CT molecular complexity index is 1580. The number of alkyl halides is 3. The first-order valence-electron chi connectivity index (χ1n) is 12.6. The predicted octanol–water partition coefficient (Wildman–Crippen LogP) is 6.97. The Morgan fingerprint density at radius 3 is 2.37 bits per heavy atom. The highest BCUT2D eigenvalue weighted by Crippen LogP contribution is 2.35. The first-order chi connectivity index (χ1) is 19.5. The first-order valence-corrected chi connectivity index (χ1v) is 13.0. The lowest BCUT2D eigenvalue weighted by Gasteiger charge is -2.34. The number of nitrogens with one attached hydrogen (secondary N) is 2. The van der Waals surface area contributed by atoms with Crippen molar-refractivity contribution in [2.45, 2.75) is 31.3 Å². The lowest BCUT2D eigenvalue weighted by molar-refractivity contribution is -0.274. The number of methoxy groups -OCH3 is 1. The molecule has 0 spiro atoms. The van der Waals surface area contributed by atoms with Crippen molar-refractivity contribution in [2.24, 2.45) is 5.92 Å². The summed E-state index contributed by atoms with van der Waals surface area (Å²) in [5, 5.41) is 16.7. The molecule has 214 valence electrons. The van der Waals surface area contributed by atoms with Crippen LogP contribution in [0.2, 0.25) is 5.02 Å². The van der Waals surface area contributed by atoms with Gasteiger partial charge in [-0.25, -0.2) is 0 Å². The summed E-state index contributed by atoms with van der Waals surface area (Å²) in [6.45, 7) is 0. The van der Waals surface area contributed by atoms with Gasteiger partial charge in [-0.15, -0.1) is 13.2 Å². The first kappa shape index (κ1) is 28.2. The molecular weight excluding hydrogens is 563 g/mol. The van der Waals surface area contributed by atoms with Crippen molar-refractivity contribution in [3.05, 3.63) is 83.5 Å². The summed E-state index contributed by atoms with van der Waals surface area (Å²) in [6.07, 6.45) is -2.42. The van der Waals surface area contributed by atoms with Crippen LogP contribution in [-0.4, -0.2) is 41.1 Å². The fourth-order valence-electron chi connectivity index (χ4n) is 4.80. The van der Waals surface area contributed by atoms with Gasteiger partial charge in [-0.3, -0.25) is 14.2 Å². The van der Waals surface area contributed by atoms with Gasteiger partial charge in [0.15, 0.2) is 0 Å². The van der Waals surface area contributed by atoms with Crippen LogP contribution < -0.4 is 20.1 Å². The van der Waals surface area contributed by atoms with E-state index in [1.165, 1.54) is 30.0 Å². The Morgan fingerprint density at radius 1 is 1.00 bits per heavy atom. The number of aliphatic carboxylic acids is 1. The van der Waals surface area contributed by atoms with E-state index >= 15 is 0 Å². The highest BCUT2D eigenvalue weighted by molar-refractivity contribution is 6.30. The van der Waals surface area contributed by atoms with E-state index in [2.05, 4.69) is 15.4 Å². The molecular formula is C29H25ClF3N3O5. The van der Waals surface area contributed by atoms with Crippen LogP contribution in [0.5, 0.6) is 11.5 Å². The van der Waals surface area contributed by atoms with E-state index < -0.39 is 30.0 Å². The lowest BCUT2D eigenvalue weighted by atomic mass is 9.80. The van der Waals surface area contributed by atoms with Crippen LogP contribution in [0, 0.1) is 5.92 Å². The Balaban J connectivity index is 1.47. The van der Waals surface area contributed by atoms with Gasteiger partial charge >= 0.3 is 12.3 Å². The smallest absolute Gasteiger partial charge is 0.497 e. The Labute approximate surface area is 237 Å². The molecule has 3 aromatic carbocycles. The fourth-order valence-corrected chi connectivity index (χ4v) is 4.93. The van der Waals surface area contributed by atoms with Crippen molar-refractivity contribution in [1.82, 2.24) is 4.57 Å². The van der Waals surface area contributed by atoms with Crippen LogP contribution in [0.1, 0.15) is 29.2 Å². The van der Waals surface area contributed by atoms with Crippen LogP contribution >= 0.6 is 11.6 Å². The molecule has 0 radical (unpaired) electrons. The molecule has 0 bridgehead atoms. The molecule has 0 aliphatic heterocycles. The van der Waals surface area contributed by atoms with Gasteiger partial charge in [0.25, 0.3) is 5.91 Å². The maximum absolute atomic E-state index is 14.0. The van der Waals surface area contributed by atoms with Gasteiger partial charge in [-0.05, 0) is 54.8 Å². The number of halogens is 4. The molecule has 4 aromatic rings. The van der Waals surface area contributed by atoms with Crippen molar-refractivity contribution >= 4 is 45.8 Å². The molecule has 1 aromatic heterocycles. The lowest BCUT2D eigenvalue weighted by Crippen LogP contribution is -2.39. The van der Waals surface area contributed by atoms with Gasteiger partial charge in [0.2, 0.25) is 0 Å². The van der Waals surface area contributed by atoms with E-state index in [0.717, 1.165) is 6.07 Å². The average Bonchev–Trinajstić information content (AvgIpc) is 3.31. The van der Waals surface area contributed by atoms with Crippen LogP contribution in [0.3, 0.4) is 0 Å². The zero-order valence-electron chi connectivity index (χ0n) is 21.6. The average molecular weight is 588 g/mol. The van der Waals surface area contributed by atoms with Crippen molar-refractivity contribution in [3.63, 3.8) is 0 Å². The third kappa shape index (κ3) is 6.51. The Morgan fingerprint density at radius 2 is 1.71 bits per heavy atom. The molecule has 1 saturated carbocycles. The van der Waals surface area contributed by atoms with E-state index in [1.54, 1.807) is 48.5 Å². The minimum absolute atomic E-state index is 0.0240. The monoisotopic (exact) mass is 587 g/mol. The number of hydrogen-bond acceptors (Lipinski definition) is 6. The Hall–Kier alpha value is -4.38. The molecule has 0 saturated heterocycles. The number of ether oxygens (including phenoxy) is 2. The number of nitrogens with zero attached hydrogens (tertiary/aromatic N) is 1. The van der Waals surface area contributed by atoms with Crippen LogP contribution in [0.15, 0.2) is 72.9 Å².